The van der Waals surface area contributed by atoms with Crippen molar-refractivity contribution in [1.82, 2.24) is 4.90 Å². The van der Waals surface area contributed by atoms with Gasteiger partial charge in [-0.3, -0.25) is 0 Å². The van der Waals surface area contributed by atoms with Gasteiger partial charge in [0.05, 0.1) is 0 Å². The van der Waals surface area contributed by atoms with Crippen molar-refractivity contribution in [3.05, 3.63) is 47.9 Å². The molecule has 0 fully saturated rings. The van der Waals surface area contributed by atoms with Gasteiger partial charge in [-0.1, -0.05) is 39.2 Å². The quantitative estimate of drug-likeness (QED) is 0.615. The first kappa shape index (κ1) is 14.8. The summed E-state index contributed by atoms with van der Waals surface area (Å²) >= 11 is 0. The highest BCUT2D eigenvalue weighted by molar-refractivity contribution is 5.32. The molecule has 0 aliphatic heterocycles. The fourth-order valence-electron chi connectivity index (χ4n) is 1.37. The van der Waals surface area contributed by atoms with Crippen molar-refractivity contribution in [2.24, 2.45) is 5.92 Å². The number of rotatable bonds is 5. The lowest BCUT2D eigenvalue weighted by atomic mass is 10.0. The lowest BCUT2D eigenvalue weighted by Gasteiger charge is -2.21. The predicted molar refractivity (Wildman–Crippen MR) is 74.1 cm³/mol. The highest BCUT2D eigenvalue weighted by Gasteiger charge is 2.04. The van der Waals surface area contributed by atoms with Crippen molar-refractivity contribution in [2.75, 3.05) is 7.05 Å². The van der Waals surface area contributed by atoms with Gasteiger partial charge in [-0.25, -0.2) is 0 Å². The summed E-state index contributed by atoms with van der Waals surface area (Å²) in [5.74, 6) is 0.510. The van der Waals surface area contributed by atoms with E-state index in [1.54, 1.807) is 0 Å². The van der Waals surface area contributed by atoms with E-state index in [1.165, 1.54) is 16.8 Å². The third-order valence-corrected chi connectivity index (χ3v) is 2.93. The molecule has 0 saturated carbocycles. The highest BCUT2D eigenvalue weighted by Crippen LogP contribution is 2.18. The minimum Gasteiger partial charge on any atom is -0.353 e. The first-order valence-electron chi connectivity index (χ1n) is 5.72. The largest absolute Gasteiger partial charge is 0.353 e. The van der Waals surface area contributed by atoms with E-state index in [0.29, 0.717) is 5.92 Å². The van der Waals surface area contributed by atoms with Gasteiger partial charge >= 0.3 is 0 Å². The molecule has 16 heavy (non-hydrogen) atoms. The Hall–Kier alpha value is -1.24. The number of hydrogen-bond donors (Lipinski definition) is 0. The van der Waals surface area contributed by atoms with E-state index in [1.807, 2.05) is 20.0 Å². The summed E-state index contributed by atoms with van der Waals surface area (Å²) in [6, 6.07) is 0. The fourth-order valence-corrected chi connectivity index (χ4v) is 1.37. The van der Waals surface area contributed by atoms with Gasteiger partial charge in [-0.05, 0) is 37.8 Å². The molecule has 0 N–H and O–H groups in total. The molecule has 0 unspecified atom stereocenters. The second-order valence-corrected chi connectivity index (χ2v) is 4.57. The van der Waals surface area contributed by atoms with Crippen LogP contribution in [-0.2, 0) is 0 Å². The summed E-state index contributed by atoms with van der Waals surface area (Å²) in [7, 11) is 2.04. The molecule has 0 aliphatic rings. The summed E-state index contributed by atoms with van der Waals surface area (Å²) in [6.07, 6.45) is 4.13. The SMILES string of the molecule is C=C/C(=C\C(C)=C(/C)N(C)C(=C)C)C(C)C. The monoisotopic (exact) mass is 219 g/mol. The Kier molecular flexibility index (Phi) is 5.87. The predicted octanol–water partition coefficient (Wildman–Crippen LogP) is 4.51. The van der Waals surface area contributed by atoms with Crippen LogP contribution >= 0.6 is 0 Å². The topological polar surface area (TPSA) is 3.24 Å². The maximum atomic E-state index is 3.94. The van der Waals surface area contributed by atoms with E-state index in [9.17, 15) is 0 Å². The van der Waals surface area contributed by atoms with Gasteiger partial charge in [0.1, 0.15) is 0 Å². The lowest BCUT2D eigenvalue weighted by Crippen LogP contribution is -2.13. The third-order valence-electron chi connectivity index (χ3n) is 2.93. The molecule has 0 bridgehead atoms. The molecule has 0 spiro atoms. The van der Waals surface area contributed by atoms with Crippen LogP contribution in [0.3, 0.4) is 0 Å². The highest BCUT2D eigenvalue weighted by atomic mass is 15.1. The van der Waals surface area contributed by atoms with Gasteiger partial charge in [-0.2, -0.15) is 0 Å². The molecule has 0 atom stereocenters. The van der Waals surface area contributed by atoms with E-state index in [2.05, 4.69) is 51.8 Å². The normalized spacial score (nSPS) is 13.6. The Morgan fingerprint density at radius 1 is 1.19 bits per heavy atom. The molecule has 0 aromatic heterocycles. The number of nitrogens with zero attached hydrogens (tertiary/aromatic N) is 1. The van der Waals surface area contributed by atoms with Crippen LogP contribution in [-0.4, -0.2) is 11.9 Å². The summed E-state index contributed by atoms with van der Waals surface area (Å²) in [5.41, 5.74) is 4.81. The Morgan fingerprint density at radius 3 is 2.00 bits per heavy atom. The summed E-state index contributed by atoms with van der Waals surface area (Å²) < 4.78 is 0. The molecule has 0 aromatic carbocycles. The molecule has 0 aromatic rings. The van der Waals surface area contributed by atoms with Crippen molar-refractivity contribution in [2.45, 2.75) is 34.6 Å². The van der Waals surface area contributed by atoms with Crippen molar-refractivity contribution in [3.63, 3.8) is 0 Å². The van der Waals surface area contributed by atoms with Crippen LogP contribution in [0, 0.1) is 5.92 Å². The van der Waals surface area contributed by atoms with E-state index >= 15 is 0 Å². The maximum Gasteiger partial charge on any atom is 0.0171 e. The minimum atomic E-state index is 0.510. The summed E-state index contributed by atoms with van der Waals surface area (Å²) in [6.45, 7) is 18.4. The van der Waals surface area contributed by atoms with Gasteiger partial charge < -0.3 is 4.90 Å². The van der Waals surface area contributed by atoms with Crippen LogP contribution < -0.4 is 0 Å². The van der Waals surface area contributed by atoms with Gasteiger partial charge in [0.2, 0.25) is 0 Å². The average molecular weight is 219 g/mol. The zero-order chi connectivity index (χ0) is 12.9. The van der Waals surface area contributed by atoms with Gasteiger partial charge in [0.15, 0.2) is 0 Å². The third kappa shape index (κ3) is 4.09. The Labute approximate surface area is 101 Å². The van der Waals surface area contributed by atoms with E-state index < -0.39 is 0 Å². The Balaban J connectivity index is 5.17. The number of allylic oxidation sites excluding steroid dienone is 6. The van der Waals surface area contributed by atoms with Crippen molar-refractivity contribution < 1.29 is 0 Å². The molecule has 0 radical (unpaired) electrons. The van der Waals surface area contributed by atoms with Gasteiger partial charge in [-0.15, -0.1) is 0 Å². The van der Waals surface area contributed by atoms with Crippen LogP contribution in [0.2, 0.25) is 0 Å². The van der Waals surface area contributed by atoms with Crippen LogP contribution in [0.1, 0.15) is 34.6 Å². The molecule has 0 rings (SSSR count). The fraction of sp³-hybridized carbons (Fsp3) is 0.467. The molecule has 0 amide bonds. The molecule has 1 heteroatoms. The summed E-state index contributed by atoms with van der Waals surface area (Å²) in [5, 5.41) is 0. The Bertz CT molecular complexity index is 329. The second-order valence-electron chi connectivity index (χ2n) is 4.57. The average Bonchev–Trinajstić information content (AvgIpc) is 2.22. The Morgan fingerprint density at radius 2 is 1.69 bits per heavy atom. The van der Waals surface area contributed by atoms with E-state index in [-0.39, 0.29) is 0 Å². The van der Waals surface area contributed by atoms with E-state index in [0.717, 1.165) is 5.70 Å². The van der Waals surface area contributed by atoms with Crippen molar-refractivity contribution in [1.29, 1.82) is 0 Å². The first-order chi connectivity index (χ1) is 7.31. The standard InChI is InChI=1S/C15H25N/c1-9-15(11(2)3)10-13(6)14(7)16(8)12(4)5/h9-11H,1,4H2,2-3,5-8H3/b14-13+,15-10+. The second kappa shape index (κ2) is 6.37. The van der Waals surface area contributed by atoms with Gasteiger partial charge in [0.25, 0.3) is 0 Å². The van der Waals surface area contributed by atoms with Crippen molar-refractivity contribution in [3.8, 4) is 0 Å². The molecule has 0 heterocycles. The minimum absolute atomic E-state index is 0.510. The first-order valence-corrected chi connectivity index (χ1v) is 5.72. The molecular formula is C15H25N. The molecular weight excluding hydrogens is 194 g/mol. The van der Waals surface area contributed by atoms with Crippen LogP contribution in [0.5, 0.6) is 0 Å². The summed E-state index contributed by atoms with van der Waals surface area (Å²) in [4.78, 5) is 2.10. The van der Waals surface area contributed by atoms with Crippen LogP contribution in [0.25, 0.3) is 0 Å². The van der Waals surface area contributed by atoms with Crippen LogP contribution in [0.15, 0.2) is 47.9 Å². The van der Waals surface area contributed by atoms with Crippen LogP contribution in [0.4, 0.5) is 0 Å². The van der Waals surface area contributed by atoms with E-state index in [4.69, 9.17) is 0 Å². The molecule has 0 aliphatic carbocycles. The van der Waals surface area contributed by atoms with Gasteiger partial charge in [0, 0.05) is 18.4 Å². The molecule has 0 saturated heterocycles. The maximum absolute atomic E-state index is 3.94. The zero-order valence-corrected chi connectivity index (χ0v) is 11.6. The molecule has 90 valence electrons. The number of hydrogen-bond acceptors (Lipinski definition) is 1. The molecule has 1 nitrogen and oxygen atoms in total. The smallest absolute Gasteiger partial charge is 0.0171 e. The lowest BCUT2D eigenvalue weighted by molar-refractivity contribution is 0.519. The zero-order valence-electron chi connectivity index (χ0n) is 11.6. The van der Waals surface area contributed by atoms with Crippen molar-refractivity contribution >= 4 is 0 Å².